The smallest absolute Gasteiger partial charge is 0.392 e. The summed E-state index contributed by atoms with van der Waals surface area (Å²) in [6.45, 7) is -0.331. The van der Waals surface area contributed by atoms with Crippen LogP contribution < -0.4 is 4.74 Å². The van der Waals surface area contributed by atoms with Crippen LogP contribution in [0.3, 0.4) is 0 Å². The lowest BCUT2D eigenvalue weighted by atomic mass is 9.81. The highest BCUT2D eigenvalue weighted by atomic mass is 79.9. The topological polar surface area (TPSA) is 9.23 Å². The Morgan fingerprint density at radius 2 is 1.95 bits per heavy atom. The monoisotopic (exact) mass is 336 g/mol. The van der Waals surface area contributed by atoms with Crippen LogP contribution in [0.2, 0.25) is 0 Å². The maximum Gasteiger partial charge on any atom is 0.392 e. The molecule has 1 aromatic rings. The molecule has 0 aliphatic heterocycles. The van der Waals surface area contributed by atoms with Crippen LogP contribution in [-0.4, -0.2) is 12.8 Å². The summed E-state index contributed by atoms with van der Waals surface area (Å²) in [4.78, 5) is 0. The molecular formula is C14H16BrF3O. The fourth-order valence-corrected chi connectivity index (χ4v) is 2.66. The molecular weight excluding hydrogens is 321 g/mol. The highest BCUT2D eigenvalue weighted by molar-refractivity contribution is 9.10. The highest BCUT2D eigenvalue weighted by Crippen LogP contribution is 2.32. The van der Waals surface area contributed by atoms with E-state index in [9.17, 15) is 13.2 Å². The summed E-state index contributed by atoms with van der Waals surface area (Å²) in [5.41, 5.74) is 1.13. The zero-order chi connectivity index (χ0) is 13.9. The van der Waals surface area contributed by atoms with Crippen molar-refractivity contribution >= 4 is 15.9 Å². The Morgan fingerprint density at radius 3 is 2.53 bits per heavy atom. The molecule has 0 atom stereocenters. The fraction of sp³-hybridized carbons (Fsp3) is 0.571. The second kappa shape index (κ2) is 6.16. The largest absolute Gasteiger partial charge is 0.493 e. The summed E-state index contributed by atoms with van der Waals surface area (Å²) >= 11 is 3.37. The first-order valence-corrected chi connectivity index (χ1v) is 7.21. The van der Waals surface area contributed by atoms with Gasteiger partial charge in [-0.05, 0) is 36.1 Å². The average molecular weight is 337 g/mol. The number of alkyl halides is 3. The van der Waals surface area contributed by atoms with Crippen LogP contribution in [0.1, 0.15) is 31.2 Å². The fourth-order valence-electron chi connectivity index (χ4n) is 2.14. The van der Waals surface area contributed by atoms with E-state index in [0.717, 1.165) is 22.4 Å². The van der Waals surface area contributed by atoms with Crippen LogP contribution >= 0.6 is 15.9 Å². The van der Waals surface area contributed by atoms with Crippen molar-refractivity contribution in [2.24, 2.45) is 5.92 Å². The molecule has 1 aliphatic rings. The maximum absolute atomic E-state index is 12.1. The van der Waals surface area contributed by atoms with E-state index in [1.54, 1.807) is 6.07 Å². The van der Waals surface area contributed by atoms with E-state index >= 15 is 0 Å². The number of benzene rings is 1. The van der Waals surface area contributed by atoms with Gasteiger partial charge in [-0.2, -0.15) is 13.2 Å². The van der Waals surface area contributed by atoms with Gasteiger partial charge < -0.3 is 4.74 Å². The number of rotatable bonds is 5. The van der Waals surface area contributed by atoms with Gasteiger partial charge in [-0.25, -0.2) is 0 Å². The molecule has 0 bridgehead atoms. The van der Waals surface area contributed by atoms with Crippen molar-refractivity contribution in [2.75, 3.05) is 6.61 Å². The standard InChI is InChI=1S/C14H16BrF3O/c15-12-7-11(6-10-2-1-3-10)8-13(9-12)19-5-4-14(16,17)18/h7-10H,1-6H2. The van der Waals surface area contributed by atoms with E-state index in [1.807, 2.05) is 12.1 Å². The van der Waals surface area contributed by atoms with Crippen LogP contribution in [0.25, 0.3) is 0 Å². The van der Waals surface area contributed by atoms with Gasteiger partial charge in [-0.1, -0.05) is 35.2 Å². The minimum absolute atomic E-state index is 0.331. The average Bonchev–Trinajstić information content (AvgIpc) is 2.21. The molecule has 0 saturated heterocycles. The number of halogens is 4. The summed E-state index contributed by atoms with van der Waals surface area (Å²) in [6, 6.07) is 5.56. The Morgan fingerprint density at radius 1 is 1.21 bits per heavy atom. The summed E-state index contributed by atoms with van der Waals surface area (Å²) in [5.74, 6) is 1.23. The van der Waals surface area contributed by atoms with Crippen molar-refractivity contribution in [3.63, 3.8) is 0 Å². The third-order valence-electron chi connectivity index (χ3n) is 3.33. The Hall–Kier alpha value is -0.710. The molecule has 1 fully saturated rings. The molecule has 1 aliphatic carbocycles. The molecule has 0 heterocycles. The first-order valence-electron chi connectivity index (χ1n) is 6.41. The van der Waals surface area contributed by atoms with Crippen molar-refractivity contribution in [1.82, 2.24) is 0 Å². The zero-order valence-corrected chi connectivity index (χ0v) is 12.1. The van der Waals surface area contributed by atoms with Crippen LogP contribution in [0.15, 0.2) is 22.7 Å². The van der Waals surface area contributed by atoms with Gasteiger partial charge in [0.2, 0.25) is 0 Å². The molecule has 1 saturated carbocycles. The minimum Gasteiger partial charge on any atom is -0.493 e. The first-order chi connectivity index (χ1) is 8.92. The Kier molecular flexibility index (Phi) is 4.76. The molecule has 1 aromatic carbocycles. The highest BCUT2D eigenvalue weighted by Gasteiger charge is 2.26. The van der Waals surface area contributed by atoms with E-state index in [-0.39, 0.29) is 6.61 Å². The van der Waals surface area contributed by atoms with Gasteiger partial charge in [-0.3, -0.25) is 0 Å². The molecule has 0 aromatic heterocycles. The molecule has 5 heteroatoms. The lowest BCUT2D eigenvalue weighted by molar-refractivity contribution is -0.139. The quantitative estimate of drug-likeness (QED) is 0.724. The van der Waals surface area contributed by atoms with Gasteiger partial charge in [0.25, 0.3) is 0 Å². The van der Waals surface area contributed by atoms with Crippen molar-refractivity contribution < 1.29 is 17.9 Å². The van der Waals surface area contributed by atoms with Crippen LogP contribution in [0.5, 0.6) is 5.75 Å². The number of ether oxygens (including phenoxy) is 1. The van der Waals surface area contributed by atoms with E-state index in [0.29, 0.717) is 5.75 Å². The molecule has 1 nitrogen and oxygen atoms in total. The second-order valence-electron chi connectivity index (χ2n) is 5.01. The molecule has 0 amide bonds. The molecule has 0 N–H and O–H groups in total. The third kappa shape index (κ3) is 5.05. The second-order valence-corrected chi connectivity index (χ2v) is 5.93. The Bertz CT molecular complexity index is 427. The van der Waals surface area contributed by atoms with E-state index in [2.05, 4.69) is 15.9 Å². The molecule has 0 radical (unpaired) electrons. The molecule has 106 valence electrons. The normalized spacial score (nSPS) is 16.2. The van der Waals surface area contributed by atoms with E-state index in [4.69, 9.17) is 4.74 Å². The minimum atomic E-state index is -4.17. The van der Waals surface area contributed by atoms with Crippen molar-refractivity contribution in [3.05, 3.63) is 28.2 Å². The summed E-state index contributed by atoms with van der Waals surface area (Å²) in [7, 11) is 0. The van der Waals surface area contributed by atoms with Crippen molar-refractivity contribution in [1.29, 1.82) is 0 Å². The van der Waals surface area contributed by atoms with Crippen molar-refractivity contribution in [3.8, 4) is 5.75 Å². The predicted octanol–water partition coefficient (Wildman–Crippen LogP) is 5.12. The molecule has 0 spiro atoms. The van der Waals surface area contributed by atoms with E-state index < -0.39 is 12.6 Å². The van der Waals surface area contributed by atoms with Gasteiger partial charge in [-0.15, -0.1) is 0 Å². The zero-order valence-electron chi connectivity index (χ0n) is 10.5. The summed E-state index contributed by atoms with van der Waals surface area (Å²) in [6.07, 6.45) is -0.325. The summed E-state index contributed by atoms with van der Waals surface area (Å²) < 4.78 is 42.2. The van der Waals surface area contributed by atoms with Gasteiger partial charge in [0.1, 0.15) is 5.75 Å². The first kappa shape index (κ1) is 14.7. The number of hydrogen-bond donors (Lipinski definition) is 0. The van der Waals surface area contributed by atoms with E-state index in [1.165, 1.54) is 19.3 Å². The van der Waals surface area contributed by atoms with Gasteiger partial charge in [0.05, 0.1) is 13.0 Å². The molecule has 2 rings (SSSR count). The number of hydrogen-bond acceptors (Lipinski definition) is 1. The Balaban J connectivity index is 1.92. The van der Waals surface area contributed by atoms with Crippen LogP contribution in [-0.2, 0) is 6.42 Å². The van der Waals surface area contributed by atoms with Gasteiger partial charge in [0, 0.05) is 4.47 Å². The molecule has 0 unspecified atom stereocenters. The SMILES string of the molecule is FC(F)(F)CCOc1cc(Br)cc(CC2CCC2)c1. The summed E-state index contributed by atoms with van der Waals surface area (Å²) in [5, 5.41) is 0. The lowest BCUT2D eigenvalue weighted by Gasteiger charge is -2.25. The predicted molar refractivity (Wildman–Crippen MR) is 71.4 cm³/mol. The van der Waals surface area contributed by atoms with Crippen LogP contribution in [0.4, 0.5) is 13.2 Å². The molecule has 19 heavy (non-hydrogen) atoms. The van der Waals surface area contributed by atoms with Gasteiger partial charge in [0.15, 0.2) is 0 Å². The third-order valence-corrected chi connectivity index (χ3v) is 3.79. The van der Waals surface area contributed by atoms with Crippen molar-refractivity contribution in [2.45, 2.75) is 38.3 Å². The lowest BCUT2D eigenvalue weighted by Crippen LogP contribution is -2.14. The Labute approximate surface area is 119 Å². The maximum atomic E-state index is 12.1. The van der Waals surface area contributed by atoms with Crippen LogP contribution in [0, 0.1) is 5.92 Å². The van der Waals surface area contributed by atoms with Gasteiger partial charge >= 0.3 is 6.18 Å².